The van der Waals surface area contributed by atoms with Crippen LogP contribution in [0.4, 0.5) is 26.3 Å². The van der Waals surface area contributed by atoms with E-state index in [1.54, 1.807) is 0 Å². The van der Waals surface area contributed by atoms with Crippen molar-refractivity contribution >= 4 is 0 Å². The number of allylic oxidation sites excluding steroid dienone is 2. The maximum Gasteiger partial charge on any atom is 0.573 e. The number of ether oxygens (including phenoxy) is 2. The van der Waals surface area contributed by atoms with Gasteiger partial charge < -0.3 is 9.47 Å². The predicted molar refractivity (Wildman–Crippen MR) is 87.7 cm³/mol. The molecule has 0 amide bonds. The highest BCUT2D eigenvalue weighted by molar-refractivity contribution is 5.29. The summed E-state index contributed by atoms with van der Waals surface area (Å²) in [7, 11) is 0. The normalized spacial score (nSPS) is 21.6. The highest BCUT2D eigenvalue weighted by Crippen LogP contribution is 2.37. The van der Waals surface area contributed by atoms with Crippen molar-refractivity contribution in [2.45, 2.75) is 58.1 Å². The standard InChI is InChI=1S/C19H22F6O2/c1-2-3-13-4-6-14(7-5-13)11-18(21,22)26-12-15-8-9-17(16(20)10-15)27-19(23,24)25/h2-3,8-10,13-14H,4-7,11-12H2,1H3/b3-2+/t13-,14-. The summed E-state index contributed by atoms with van der Waals surface area (Å²) in [4.78, 5) is 0. The van der Waals surface area contributed by atoms with Crippen LogP contribution in [0.15, 0.2) is 30.4 Å². The molecule has 27 heavy (non-hydrogen) atoms. The number of hydrogen-bond donors (Lipinski definition) is 0. The molecule has 0 bridgehead atoms. The largest absolute Gasteiger partial charge is 0.573 e. The van der Waals surface area contributed by atoms with Gasteiger partial charge in [-0.05, 0) is 62.1 Å². The highest BCUT2D eigenvalue weighted by atomic mass is 19.4. The molecule has 1 saturated carbocycles. The number of hydrogen-bond acceptors (Lipinski definition) is 2. The molecule has 0 N–H and O–H groups in total. The van der Waals surface area contributed by atoms with Gasteiger partial charge >= 0.3 is 12.5 Å². The molecule has 0 aromatic heterocycles. The molecule has 152 valence electrons. The van der Waals surface area contributed by atoms with E-state index in [9.17, 15) is 26.3 Å². The molecule has 1 aliphatic carbocycles. The van der Waals surface area contributed by atoms with Crippen LogP contribution in [-0.4, -0.2) is 12.5 Å². The van der Waals surface area contributed by atoms with Crippen molar-refractivity contribution in [3.05, 3.63) is 41.7 Å². The van der Waals surface area contributed by atoms with E-state index in [0.29, 0.717) is 24.8 Å². The van der Waals surface area contributed by atoms with Crippen LogP contribution in [0.5, 0.6) is 5.75 Å². The van der Waals surface area contributed by atoms with E-state index in [1.165, 1.54) is 0 Å². The van der Waals surface area contributed by atoms with Gasteiger partial charge in [0.1, 0.15) is 0 Å². The molecule has 0 spiro atoms. The molecule has 1 aromatic carbocycles. The summed E-state index contributed by atoms with van der Waals surface area (Å²) < 4.78 is 86.1. The first-order valence-corrected chi connectivity index (χ1v) is 8.77. The number of halogens is 6. The molecule has 1 aliphatic rings. The fourth-order valence-corrected chi connectivity index (χ4v) is 3.28. The van der Waals surface area contributed by atoms with Crippen molar-refractivity contribution in [3.63, 3.8) is 0 Å². The number of rotatable bonds is 7. The van der Waals surface area contributed by atoms with Crippen LogP contribution < -0.4 is 4.74 Å². The Hall–Kier alpha value is -1.70. The van der Waals surface area contributed by atoms with Gasteiger partial charge in [-0.3, -0.25) is 0 Å². The van der Waals surface area contributed by atoms with Gasteiger partial charge in [0.05, 0.1) is 6.61 Å². The Morgan fingerprint density at radius 1 is 1.07 bits per heavy atom. The second-order valence-corrected chi connectivity index (χ2v) is 6.75. The molecule has 0 aliphatic heterocycles. The fourth-order valence-electron chi connectivity index (χ4n) is 3.28. The quantitative estimate of drug-likeness (QED) is 0.382. The first-order valence-electron chi connectivity index (χ1n) is 8.77. The molecule has 1 fully saturated rings. The summed E-state index contributed by atoms with van der Waals surface area (Å²) in [6.07, 6.45) is -1.69. The molecule has 0 unspecified atom stereocenters. The lowest BCUT2D eigenvalue weighted by atomic mass is 9.80. The lowest BCUT2D eigenvalue weighted by molar-refractivity contribution is -0.275. The molecular weight excluding hydrogens is 374 g/mol. The maximum atomic E-state index is 14.0. The average Bonchev–Trinajstić information content (AvgIpc) is 2.56. The summed E-state index contributed by atoms with van der Waals surface area (Å²) >= 11 is 0. The third kappa shape index (κ3) is 7.44. The van der Waals surface area contributed by atoms with Crippen molar-refractivity contribution in [2.75, 3.05) is 0 Å². The van der Waals surface area contributed by atoms with Gasteiger partial charge in [0.15, 0.2) is 11.6 Å². The fraction of sp³-hybridized carbons (Fsp3) is 0.579. The van der Waals surface area contributed by atoms with E-state index in [-0.39, 0.29) is 11.5 Å². The van der Waals surface area contributed by atoms with Crippen LogP contribution in [-0.2, 0) is 11.3 Å². The van der Waals surface area contributed by atoms with Crippen molar-refractivity contribution < 1.29 is 35.8 Å². The third-order valence-electron chi connectivity index (χ3n) is 4.55. The van der Waals surface area contributed by atoms with Gasteiger partial charge in [-0.2, -0.15) is 8.78 Å². The average molecular weight is 396 g/mol. The molecule has 1 aromatic rings. The SMILES string of the molecule is C/C=C/[C@H]1CC[C@H](CC(F)(F)OCc2ccc(OC(F)(F)F)c(F)c2)CC1. The summed E-state index contributed by atoms with van der Waals surface area (Å²) in [5, 5.41) is 0. The number of alkyl halides is 5. The summed E-state index contributed by atoms with van der Waals surface area (Å²) in [6, 6.07) is 2.49. The summed E-state index contributed by atoms with van der Waals surface area (Å²) in [5.41, 5.74) is -0.00140. The van der Waals surface area contributed by atoms with E-state index in [1.807, 2.05) is 13.0 Å². The van der Waals surface area contributed by atoms with Crippen molar-refractivity contribution in [1.82, 2.24) is 0 Å². The predicted octanol–water partition coefficient (Wildman–Crippen LogP) is 6.61. The lowest BCUT2D eigenvalue weighted by Crippen LogP contribution is -2.27. The van der Waals surface area contributed by atoms with Gasteiger partial charge in [0, 0.05) is 6.42 Å². The topological polar surface area (TPSA) is 18.5 Å². The van der Waals surface area contributed by atoms with Gasteiger partial charge in [-0.15, -0.1) is 13.2 Å². The number of benzene rings is 1. The Bertz CT molecular complexity index is 634. The van der Waals surface area contributed by atoms with Gasteiger partial charge in [-0.25, -0.2) is 4.39 Å². The van der Waals surface area contributed by atoms with E-state index < -0.39 is 37.1 Å². The van der Waals surface area contributed by atoms with Crippen LogP contribution in [0, 0.1) is 17.7 Å². The van der Waals surface area contributed by atoms with Gasteiger partial charge in [-0.1, -0.05) is 18.2 Å². The molecule has 0 saturated heterocycles. The molecule has 2 rings (SSSR count). The van der Waals surface area contributed by atoms with E-state index in [4.69, 9.17) is 0 Å². The van der Waals surface area contributed by atoms with Crippen molar-refractivity contribution in [1.29, 1.82) is 0 Å². The second-order valence-electron chi connectivity index (χ2n) is 6.75. The monoisotopic (exact) mass is 396 g/mol. The Balaban J connectivity index is 1.85. The van der Waals surface area contributed by atoms with Crippen molar-refractivity contribution in [2.24, 2.45) is 11.8 Å². The summed E-state index contributed by atoms with van der Waals surface area (Å²) in [6.45, 7) is 1.32. The zero-order chi connectivity index (χ0) is 20.1. The molecular formula is C19H22F6O2. The second kappa shape index (κ2) is 8.99. The Kier molecular flexibility index (Phi) is 7.19. The first-order chi connectivity index (χ1) is 12.6. The smallest absolute Gasteiger partial charge is 0.403 e. The van der Waals surface area contributed by atoms with E-state index >= 15 is 0 Å². The zero-order valence-corrected chi connectivity index (χ0v) is 14.9. The van der Waals surface area contributed by atoms with Crippen LogP contribution >= 0.6 is 0 Å². The van der Waals surface area contributed by atoms with Crippen LogP contribution in [0.1, 0.15) is 44.6 Å². The van der Waals surface area contributed by atoms with Crippen LogP contribution in [0.2, 0.25) is 0 Å². The van der Waals surface area contributed by atoms with Gasteiger partial charge in [0.25, 0.3) is 0 Å². The minimum Gasteiger partial charge on any atom is -0.403 e. The minimum atomic E-state index is -5.03. The third-order valence-corrected chi connectivity index (χ3v) is 4.55. The molecule has 2 nitrogen and oxygen atoms in total. The van der Waals surface area contributed by atoms with E-state index in [0.717, 1.165) is 25.0 Å². The Morgan fingerprint density at radius 2 is 1.74 bits per heavy atom. The Morgan fingerprint density at radius 3 is 2.30 bits per heavy atom. The molecule has 8 heteroatoms. The Labute approximate surface area is 154 Å². The minimum absolute atomic E-state index is 0.00140. The summed E-state index contributed by atoms with van der Waals surface area (Å²) in [5.74, 6) is -2.03. The van der Waals surface area contributed by atoms with Crippen LogP contribution in [0.25, 0.3) is 0 Å². The molecule has 0 atom stereocenters. The van der Waals surface area contributed by atoms with Crippen molar-refractivity contribution in [3.8, 4) is 5.75 Å². The first kappa shape index (κ1) is 21.6. The highest BCUT2D eigenvalue weighted by Gasteiger charge is 2.35. The van der Waals surface area contributed by atoms with E-state index in [2.05, 4.69) is 15.5 Å². The molecule has 0 heterocycles. The van der Waals surface area contributed by atoms with Gasteiger partial charge in [0.2, 0.25) is 0 Å². The lowest BCUT2D eigenvalue weighted by Gasteiger charge is -2.29. The van der Waals surface area contributed by atoms with Crippen LogP contribution in [0.3, 0.4) is 0 Å². The maximum absolute atomic E-state index is 14.0. The zero-order valence-electron chi connectivity index (χ0n) is 14.9. The molecule has 0 radical (unpaired) electrons.